The molecule has 8 heteroatoms. The summed E-state index contributed by atoms with van der Waals surface area (Å²) in [6.07, 6.45) is 0. The number of anilines is 1. The molecule has 3 heterocycles. The average molecular weight is 337 g/mol. The quantitative estimate of drug-likeness (QED) is 0.935. The molecule has 3 rings (SSSR count). The number of carbonyl (C=O) groups excluding carboxylic acids is 1. The van der Waals surface area contributed by atoms with E-state index in [2.05, 4.69) is 44.2 Å². The van der Waals surface area contributed by atoms with E-state index in [1.54, 1.807) is 11.3 Å². The van der Waals surface area contributed by atoms with Crippen molar-refractivity contribution in [3.8, 4) is 0 Å². The third-order valence-corrected chi connectivity index (χ3v) is 5.37. The van der Waals surface area contributed by atoms with Gasteiger partial charge in [0, 0.05) is 32.2 Å². The molecule has 2 aromatic rings. The second-order valence-corrected chi connectivity index (χ2v) is 7.27. The molecule has 2 aromatic heterocycles. The van der Waals surface area contributed by atoms with Gasteiger partial charge in [0.2, 0.25) is 5.13 Å². The van der Waals surface area contributed by atoms with Gasteiger partial charge in [0.05, 0.1) is 0 Å². The minimum Gasteiger partial charge on any atom is -0.322 e. The predicted octanol–water partition coefficient (Wildman–Crippen LogP) is 2.82. The highest BCUT2D eigenvalue weighted by Gasteiger charge is 2.25. The van der Waals surface area contributed by atoms with Crippen LogP contribution in [0.25, 0.3) is 0 Å². The maximum absolute atomic E-state index is 12.2. The van der Waals surface area contributed by atoms with Crippen LogP contribution in [0.15, 0.2) is 16.8 Å². The molecule has 1 saturated heterocycles. The van der Waals surface area contributed by atoms with Crippen LogP contribution in [-0.2, 0) is 0 Å². The monoisotopic (exact) mass is 337 g/mol. The maximum atomic E-state index is 12.2. The summed E-state index contributed by atoms with van der Waals surface area (Å²) >= 11 is 3.12. The Kier molecular flexibility index (Phi) is 4.70. The third-order valence-electron chi connectivity index (χ3n) is 3.91. The Morgan fingerprint density at radius 3 is 2.68 bits per heavy atom. The Labute approximate surface area is 137 Å². The third kappa shape index (κ3) is 3.45. The summed E-state index contributed by atoms with van der Waals surface area (Å²) in [4.78, 5) is 16.5. The van der Waals surface area contributed by atoms with Gasteiger partial charge in [-0.15, -0.1) is 10.2 Å². The molecule has 0 spiro atoms. The molecular weight excluding hydrogens is 318 g/mol. The van der Waals surface area contributed by atoms with Crippen molar-refractivity contribution in [2.45, 2.75) is 19.9 Å². The van der Waals surface area contributed by atoms with Gasteiger partial charge in [-0.3, -0.25) is 10.2 Å². The number of amides is 2. The Hall–Kier alpha value is -1.51. The summed E-state index contributed by atoms with van der Waals surface area (Å²) in [5, 5.41) is 16.4. The van der Waals surface area contributed by atoms with Crippen molar-refractivity contribution in [3.05, 3.63) is 27.4 Å². The minimum absolute atomic E-state index is 0.0843. The van der Waals surface area contributed by atoms with Crippen molar-refractivity contribution >= 4 is 33.8 Å². The second kappa shape index (κ2) is 6.72. The Morgan fingerprint density at radius 1 is 1.32 bits per heavy atom. The lowest BCUT2D eigenvalue weighted by atomic mass is 10.1. The Bertz CT molecular complexity index is 619. The number of aromatic nitrogens is 2. The molecule has 0 unspecified atom stereocenters. The molecule has 118 valence electrons. The zero-order chi connectivity index (χ0) is 15.5. The summed E-state index contributed by atoms with van der Waals surface area (Å²) in [5.74, 6) is 0. The highest BCUT2D eigenvalue weighted by Crippen LogP contribution is 2.23. The van der Waals surface area contributed by atoms with Gasteiger partial charge in [-0.1, -0.05) is 11.3 Å². The first-order valence-electron chi connectivity index (χ1n) is 7.25. The minimum atomic E-state index is -0.0843. The first-order valence-corrected chi connectivity index (χ1v) is 9.01. The zero-order valence-corrected chi connectivity index (χ0v) is 14.3. The van der Waals surface area contributed by atoms with E-state index in [0.29, 0.717) is 11.2 Å². The number of nitrogens with zero attached hydrogens (tertiary/aromatic N) is 4. The molecule has 1 aliphatic heterocycles. The summed E-state index contributed by atoms with van der Waals surface area (Å²) in [7, 11) is 0. The van der Waals surface area contributed by atoms with Gasteiger partial charge in [-0.05, 0) is 36.2 Å². The summed E-state index contributed by atoms with van der Waals surface area (Å²) in [5.41, 5.74) is 1.35. The standard InChI is InChI=1S/C14H19N5OS2/c1-10(12-3-8-21-9-12)18-4-6-19(7-5-18)14(20)15-13-17-16-11(2)22-13/h3,8-10H,4-7H2,1-2H3,(H,15,17,20)/t10-/m0/s1. The van der Waals surface area contributed by atoms with Crippen molar-refractivity contribution < 1.29 is 4.79 Å². The molecule has 22 heavy (non-hydrogen) atoms. The van der Waals surface area contributed by atoms with Crippen LogP contribution in [0.2, 0.25) is 0 Å². The topological polar surface area (TPSA) is 61.4 Å². The second-order valence-electron chi connectivity index (χ2n) is 5.31. The molecule has 6 nitrogen and oxygen atoms in total. The summed E-state index contributed by atoms with van der Waals surface area (Å²) < 4.78 is 0. The normalized spacial score (nSPS) is 17.5. The van der Waals surface area contributed by atoms with E-state index in [0.717, 1.165) is 31.2 Å². The van der Waals surface area contributed by atoms with E-state index in [1.807, 2.05) is 11.8 Å². The molecule has 1 aliphatic rings. The van der Waals surface area contributed by atoms with Gasteiger partial charge >= 0.3 is 6.03 Å². The molecule has 1 N–H and O–H groups in total. The van der Waals surface area contributed by atoms with Crippen molar-refractivity contribution in [1.82, 2.24) is 20.0 Å². The first kappa shape index (κ1) is 15.4. The first-order chi connectivity index (χ1) is 10.6. The fourth-order valence-corrected chi connectivity index (χ4v) is 3.88. The van der Waals surface area contributed by atoms with Crippen LogP contribution in [0.4, 0.5) is 9.93 Å². The molecule has 0 aliphatic carbocycles. The number of nitrogens with one attached hydrogen (secondary N) is 1. The fourth-order valence-electron chi connectivity index (χ4n) is 2.55. The molecule has 1 fully saturated rings. The van der Waals surface area contributed by atoms with Crippen LogP contribution in [-0.4, -0.2) is 52.2 Å². The molecule has 2 amide bonds. The van der Waals surface area contributed by atoms with Gasteiger partial charge in [0.25, 0.3) is 0 Å². The largest absolute Gasteiger partial charge is 0.323 e. The highest BCUT2D eigenvalue weighted by molar-refractivity contribution is 7.15. The lowest BCUT2D eigenvalue weighted by molar-refractivity contribution is 0.119. The van der Waals surface area contributed by atoms with E-state index in [-0.39, 0.29) is 6.03 Å². The van der Waals surface area contributed by atoms with Gasteiger partial charge in [-0.2, -0.15) is 11.3 Å². The van der Waals surface area contributed by atoms with E-state index >= 15 is 0 Å². The van der Waals surface area contributed by atoms with E-state index in [4.69, 9.17) is 0 Å². The number of aryl methyl sites for hydroxylation is 1. The van der Waals surface area contributed by atoms with Crippen molar-refractivity contribution in [2.24, 2.45) is 0 Å². The highest BCUT2D eigenvalue weighted by atomic mass is 32.1. The van der Waals surface area contributed by atoms with E-state index in [9.17, 15) is 4.79 Å². The smallest absolute Gasteiger partial charge is 0.322 e. The molecule has 0 radical (unpaired) electrons. The van der Waals surface area contributed by atoms with E-state index in [1.165, 1.54) is 16.9 Å². The van der Waals surface area contributed by atoms with Crippen LogP contribution < -0.4 is 5.32 Å². The lowest BCUT2D eigenvalue weighted by Gasteiger charge is -2.37. The summed E-state index contributed by atoms with van der Waals surface area (Å²) in [6.45, 7) is 7.34. The molecule has 1 atom stereocenters. The van der Waals surface area contributed by atoms with Crippen LogP contribution in [0.3, 0.4) is 0 Å². The number of thiophene rings is 1. The van der Waals surface area contributed by atoms with Crippen LogP contribution in [0, 0.1) is 6.92 Å². The van der Waals surface area contributed by atoms with Gasteiger partial charge in [0.15, 0.2) is 0 Å². The Balaban J connectivity index is 1.52. The van der Waals surface area contributed by atoms with Gasteiger partial charge in [0.1, 0.15) is 5.01 Å². The van der Waals surface area contributed by atoms with Crippen LogP contribution >= 0.6 is 22.7 Å². The number of urea groups is 1. The predicted molar refractivity (Wildman–Crippen MR) is 89.5 cm³/mol. The number of carbonyl (C=O) groups is 1. The fraction of sp³-hybridized carbons (Fsp3) is 0.500. The summed E-state index contributed by atoms with van der Waals surface area (Å²) in [6, 6.07) is 2.49. The Morgan fingerprint density at radius 2 is 2.09 bits per heavy atom. The zero-order valence-electron chi connectivity index (χ0n) is 12.7. The van der Waals surface area contributed by atoms with Gasteiger partial charge in [-0.25, -0.2) is 4.79 Å². The van der Waals surface area contributed by atoms with E-state index < -0.39 is 0 Å². The number of rotatable bonds is 3. The number of piperazine rings is 1. The van der Waals surface area contributed by atoms with Crippen LogP contribution in [0.5, 0.6) is 0 Å². The van der Waals surface area contributed by atoms with Crippen LogP contribution in [0.1, 0.15) is 23.5 Å². The number of hydrogen-bond acceptors (Lipinski definition) is 6. The van der Waals surface area contributed by atoms with Crippen molar-refractivity contribution in [3.63, 3.8) is 0 Å². The lowest BCUT2D eigenvalue weighted by Crippen LogP contribution is -2.50. The molecule has 0 saturated carbocycles. The molecule has 0 bridgehead atoms. The maximum Gasteiger partial charge on any atom is 0.323 e. The number of hydrogen-bond donors (Lipinski definition) is 1. The molecular formula is C14H19N5OS2. The van der Waals surface area contributed by atoms with Crippen molar-refractivity contribution in [2.75, 3.05) is 31.5 Å². The van der Waals surface area contributed by atoms with Gasteiger partial charge < -0.3 is 4.90 Å². The molecule has 0 aromatic carbocycles. The average Bonchev–Trinajstić information content (AvgIpc) is 3.18. The SMILES string of the molecule is Cc1nnc(NC(=O)N2CCN([C@@H](C)c3ccsc3)CC2)s1. The van der Waals surface area contributed by atoms with Crippen molar-refractivity contribution in [1.29, 1.82) is 0 Å².